The van der Waals surface area contributed by atoms with Gasteiger partial charge in [0.1, 0.15) is 5.25 Å². The molecule has 1 aliphatic carbocycles. The molecule has 0 saturated heterocycles. The lowest BCUT2D eigenvalue weighted by Gasteiger charge is -2.16. The predicted molar refractivity (Wildman–Crippen MR) is 62.3 cm³/mol. The van der Waals surface area contributed by atoms with E-state index in [0.29, 0.717) is 18.4 Å². The summed E-state index contributed by atoms with van der Waals surface area (Å²) < 4.78 is 0. The lowest BCUT2D eigenvalue weighted by molar-refractivity contribution is -0.136. The molecule has 88 valence electrons. The van der Waals surface area contributed by atoms with E-state index in [4.69, 9.17) is 10.2 Å². The van der Waals surface area contributed by atoms with Gasteiger partial charge in [0.2, 0.25) is 0 Å². The highest BCUT2D eigenvalue weighted by atomic mass is 32.2. The molecule has 1 unspecified atom stereocenters. The molecule has 0 radical (unpaired) electrons. The van der Waals surface area contributed by atoms with Crippen molar-refractivity contribution in [1.82, 2.24) is 0 Å². The number of rotatable bonds is 4. The minimum absolute atomic E-state index is 0.423. The lowest BCUT2D eigenvalue weighted by atomic mass is 9.99. The summed E-state index contributed by atoms with van der Waals surface area (Å²) >= 11 is 1.28. The maximum absolute atomic E-state index is 10.8. The molecule has 0 aromatic heterocycles. The Morgan fingerprint density at radius 3 is 2.44 bits per heavy atom. The largest absolute Gasteiger partial charge is 0.480 e. The van der Waals surface area contributed by atoms with Crippen molar-refractivity contribution in [2.45, 2.75) is 31.9 Å². The van der Waals surface area contributed by atoms with Gasteiger partial charge >= 0.3 is 11.9 Å². The third kappa shape index (κ3) is 3.13. The Balaban J connectivity index is 2.77. The first-order valence-corrected chi connectivity index (χ1v) is 5.83. The summed E-state index contributed by atoms with van der Waals surface area (Å²) in [6, 6.07) is 0. The van der Waals surface area contributed by atoms with Crippen LogP contribution in [0.3, 0.4) is 0 Å². The molecule has 0 spiro atoms. The Hall–Kier alpha value is -1.23. The summed E-state index contributed by atoms with van der Waals surface area (Å²) in [6.07, 6.45) is 2.87. The van der Waals surface area contributed by atoms with Crippen molar-refractivity contribution in [3.8, 4) is 0 Å². The fourth-order valence-electron chi connectivity index (χ4n) is 1.49. The third-order valence-electron chi connectivity index (χ3n) is 2.41. The van der Waals surface area contributed by atoms with Gasteiger partial charge in [0.25, 0.3) is 0 Å². The van der Waals surface area contributed by atoms with Gasteiger partial charge in [-0.15, -0.1) is 11.8 Å². The predicted octanol–water partition coefficient (Wildman–Crippen LogP) is 2.27. The van der Waals surface area contributed by atoms with Crippen molar-refractivity contribution < 1.29 is 19.8 Å². The molecule has 0 bridgehead atoms. The van der Waals surface area contributed by atoms with Gasteiger partial charge in [-0.2, -0.15) is 0 Å². The number of carboxylic acids is 2. The molecule has 4 nitrogen and oxygen atoms in total. The number of thioether (sulfide) groups is 1. The molecule has 1 atom stereocenters. The summed E-state index contributed by atoms with van der Waals surface area (Å²) in [5.74, 6) is -1.74. The van der Waals surface area contributed by atoms with Crippen LogP contribution in [0.4, 0.5) is 0 Å². The Bertz CT molecular complexity index is 381. The molecule has 2 N–H and O–H groups in total. The summed E-state index contributed by atoms with van der Waals surface area (Å²) in [5, 5.41) is 17.1. The van der Waals surface area contributed by atoms with Gasteiger partial charge in [-0.25, -0.2) is 4.79 Å². The first kappa shape index (κ1) is 12.8. The lowest BCUT2D eigenvalue weighted by Crippen LogP contribution is -2.13. The van der Waals surface area contributed by atoms with Crippen molar-refractivity contribution in [2.75, 3.05) is 0 Å². The van der Waals surface area contributed by atoms with Crippen LogP contribution < -0.4 is 0 Å². The molecule has 16 heavy (non-hydrogen) atoms. The standard InChI is InChI=1S/C11H14O4S/c1-6-5-8(16-7(2)10(12)13)3-4-9(6)11(14)15/h5,7H,3-4H2,1-2H3,(H,12,13)(H,14,15). The topological polar surface area (TPSA) is 74.6 Å². The maximum Gasteiger partial charge on any atom is 0.331 e. The van der Waals surface area contributed by atoms with E-state index in [1.807, 2.05) is 0 Å². The quantitative estimate of drug-likeness (QED) is 0.791. The molecule has 0 aliphatic heterocycles. The van der Waals surface area contributed by atoms with Crippen LogP contribution in [-0.4, -0.2) is 27.4 Å². The normalized spacial score (nSPS) is 18.0. The minimum Gasteiger partial charge on any atom is -0.480 e. The number of aliphatic carboxylic acids is 2. The zero-order valence-electron chi connectivity index (χ0n) is 9.19. The van der Waals surface area contributed by atoms with Gasteiger partial charge in [-0.3, -0.25) is 4.79 Å². The number of hydrogen-bond acceptors (Lipinski definition) is 3. The first-order valence-electron chi connectivity index (χ1n) is 4.95. The Labute approximate surface area is 98.0 Å². The van der Waals surface area contributed by atoms with Crippen molar-refractivity contribution >= 4 is 23.7 Å². The van der Waals surface area contributed by atoms with Gasteiger partial charge in [0.05, 0.1) is 0 Å². The van der Waals surface area contributed by atoms with Crippen molar-refractivity contribution in [3.63, 3.8) is 0 Å². The van der Waals surface area contributed by atoms with Crippen LogP contribution in [0.25, 0.3) is 0 Å². The molecule has 0 fully saturated rings. The monoisotopic (exact) mass is 242 g/mol. The van der Waals surface area contributed by atoms with Crippen LogP contribution in [-0.2, 0) is 9.59 Å². The van der Waals surface area contributed by atoms with E-state index in [-0.39, 0.29) is 0 Å². The van der Waals surface area contributed by atoms with Crippen LogP contribution in [0, 0.1) is 0 Å². The second-order valence-electron chi connectivity index (χ2n) is 3.68. The van der Waals surface area contributed by atoms with Gasteiger partial charge < -0.3 is 10.2 Å². The van der Waals surface area contributed by atoms with E-state index in [1.54, 1.807) is 19.9 Å². The number of hydrogen-bond donors (Lipinski definition) is 2. The number of carboxylic acid groups (broad SMARTS) is 2. The van der Waals surface area contributed by atoms with Gasteiger partial charge in [0.15, 0.2) is 0 Å². The van der Waals surface area contributed by atoms with E-state index in [0.717, 1.165) is 10.5 Å². The second-order valence-corrected chi connectivity index (χ2v) is 5.14. The van der Waals surface area contributed by atoms with Crippen molar-refractivity contribution in [2.24, 2.45) is 0 Å². The molecule has 5 heteroatoms. The summed E-state index contributed by atoms with van der Waals surface area (Å²) in [5.41, 5.74) is 1.14. The summed E-state index contributed by atoms with van der Waals surface area (Å²) in [6.45, 7) is 3.37. The van der Waals surface area contributed by atoms with Crippen LogP contribution in [0.2, 0.25) is 0 Å². The first-order chi connectivity index (χ1) is 7.41. The molecule has 0 heterocycles. The molecular weight excluding hydrogens is 228 g/mol. The average molecular weight is 242 g/mol. The molecule has 1 rings (SSSR count). The highest BCUT2D eigenvalue weighted by Gasteiger charge is 2.20. The third-order valence-corrected chi connectivity index (χ3v) is 3.59. The van der Waals surface area contributed by atoms with Crippen molar-refractivity contribution in [3.05, 3.63) is 22.1 Å². The van der Waals surface area contributed by atoms with E-state index in [2.05, 4.69) is 0 Å². The van der Waals surface area contributed by atoms with Crippen LogP contribution >= 0.6 is 11.8 Å². The number of allylic oxidation sites excluding steroid dienone is 3. The van der Waals surface area contributed by atoms with E-state index >= 15 is 0 Å². The number of carbonyl (C=O) groups is 2. The molecule has 1 aliphatic rings. The Morgan fingerprint density at radius 2 is 2.00 bits per heavy atom. The van der Waals surface area contributed by atoms with Crippen LogP contribution in [0.5, 0.6) is 0 Å². The highest BCUT2D eigenvalue weighted by Crippen LogP contribution is 2.33. The molecule has 0 amide bonds. The smallest absolute Gasteiger partial charge is 0.331 e. The fraction of sp³-hybridized carbons (Fsp3) is 0.455. The van der Waals surface area contributed by atoms with Gasteiger partial charge in [0, 0.05) is 5.57 Å². The molecule has 0 aromatic carbocycles. The molecular formula is C11H14O4S. The van der Waals surface area contributed by atoms with Crippen molar-refractivity contribution in [1.29, 1.82) is 0 Å². The fourth-order valence-corrected chi connectivity index (χ4v) is 2.51. The maximum atomic E-state index is 10.8. The van der Waals surface area contributed by atoms with Crippen LogP contribution in [0.15, 0.2) is 22.1 Å². The van der Waals surface area contributed by atoms with Crippen LogP contribution in [0.1, 0.15) is 26.7 Å². The second kappa shape index (κ2) is 5.21. The summed E-state index contributed by atoms with van der Waals surface area (Å²) in [7, 11) is 0. The average Bonchev–Trinajstić information content (AvgIpc) is 2.16. The highest BCUT2D eigenvalue weighted by molar-refractivity contribution is 8.04. The Kier molecular flexibility index (Phi) is 4.18. The van der Waals surface area contributed by atoms with E-state index in [1.165, 1.54) is 11.8 Å². The minimum atomic E-state index is -0.885. The van der Waals surface area contributed by atoms with E-state index < -0.39 is 17.2 Å². The zero-order chi connectivity index (χ0) is 12.3. The van der Waals surface area contributed by atoms with Gasteiger partial charge in [-0.05, 0) is 43.2 Å². The zero-order valence-corrected chi connectivity index (χ0v) is 10.0. The van der Waals surface area contributed by atoms with E-state index in [9.17, 15) is 9.59 Å². The SMILES string of the molecule is CC1=C(C(=O)O)CCC(SC(C)C(=O)O)=C1. The summed E-state index contributed by atoms with van der Waals surface area (Å²) in [4.78, 5) is 22.4. The molecule has 0 saturated carbocycles. The van der Waals surface area contributed by atoms with Gasteiger partial charge in [-0.1, -0.05) is 0 Å². The Morgan fingerprint density at radius 1 is 1.38 bits per heavy atom. The molecule has 0 aromatic rings.